The average molecular weight is 319 g/mol. The minimum atomic E-state index is -3.33. The van der Waals surface area contributed by atoms with E-state index in [0.29, 0.717) is 21.2 Å². The summed E-state index contributed by atoms with van der Waals surface area (Å²) in [5.41, 5.74) is 1.25. The van der Waals surface area contributed by atoms with Gasteiger partial charge >= 0.3 is 0 Å². The van der Waals surface area contributed by atoms with Crippen LogP contribution in [0.1, 0.15) is 23.3 Å². The smallest absolute Gasteiger partial charge is 0.161 e. The van der Waals surface area contributed by atoms with Gasteiger partial charge in [0, 0.05) is 11.8 Å². The molecule has 2 aromatic rings. The summed E-state index contributed by atoms with van der Waals surface area (Å²) in [5, 5.41) is 6.43. The second-order valence-electron chi connectivity index (χ2n) is 4.23. The van der Waals surface area contributed by atoms with E-state index in [2.05, 4.69) is 10.2 Å². The average Bonchev–Trinajstić information content (AvgIpc) is 2.83. The zero-order valence-corrected chi connectivity index (χ0v) is 12.4. The number of benzene rings is 1. The van der Waals surface area contributed by atoms with Gasteiger partial charge in [0.15, 0.2) is 9.84 Å². The Morgan fingerprint density at radius 2 is 2.05 bits per heavy atom. The lowest BCUT2D eigenvalue weighted by Crippen LogP contribution is -2.12. The molecule has 0 amide bonds. The number of rotatable bonds is 4. The summed E-state index contributed by atoms with van der Waals surface area (Å²) in [6.07, 6.45) is 3.07. The molecule has 7 heteroatoms. The van der Waals surface area contributed by atoms with Crippen LogP contribution in [0.15, 0.2) is 30.6 Å². The molecule has 1 atom stereocenters. The Bertz CT molecular complexity index is 669. The molecule has 1 aromatic carbocycles. The third kappa shape index (κ3) is 3.29. The minimum Gasteiger partial charge on any atom is -0.285 e. The van der Waals surface area contributed by atoms with Gasteiger partial charge in [-0.15, -0.1) is 0 Å². The first-order valence-electron chi connectivity index (χ1n) is 5.54. The molecule has 0 spiro atoms. The van der Waals surface area contributed by atoms with E-state index in [4.69, 9.17) is 23.2 Å². The number of hydrogen-bond acceptors (Lipinski definition) is 3. The van der Waals surface area contributed by atoms with Gasteiger partial charge < -0.3 is 0 Å². The SMILES string of the molecule is CC(c1ccc(Cl)c(Cl)c1)S(=O)(=O)Cc1cn[nH]c1. The molecule has 0 bridgehead atoms. The number of nitrogens with zero attached hydrogens (tertiary/aromatic N) is 1. The van der Waals surface area contributed by atoms with Crippen molar-refractivity contribution >= 4 is 33.0 Å². The van der Waals surface area contributed by atoms with E-state index in [0.717, 1.165) is 0 Å². The van der Waals surface area contributed by atoms with Crippen molar-refractivity contribution in [2.75, 3.05) is 0 Å². The summed E-state index contributed by atoms with van der Waals surface area (Å²) >= 11 is 11.7. The maximum absolute atomic E-state index is 12.3. The molecule has 102 valence electrons. The molecule has 0 fully saturated rings. The molecule has 0 saturated heterocycles. The van der Waals surface area contributed by atoms with Crippen molar-refractivity contribution in [1.29, 1.82) is 0 Å². The van der Waals surface area contributed by atoms with E-state index in [9.17, 15) is 8.42 Å². The monoisotopic (exact) mass is 318 g/mol. The summed E-state index contributed by atoms with van der Waals surface area (Å²) < 4.78 is 24.6. The second-order valence-corrected chi connectivity index (χ2v) is 7.37. The summed E-state index contributed by atoms with van der Waals surface area (Å²) in [5.74, 6) is -0.0646. The molecule has 1 N–H and O–H groups in total. The number of aromatic amines is 1. The van der Waals surface area contributed by atoms with Crippen molar-refractivity contribution in [3.05, 3.63) is 51.8 Å². The van der Waals surface area contributed by atoms with Crippen LogP contribution in [0.3, 0.4) is 0 Å². The van der Waals surface area contributed by atoms with Crippen LogP contribution < -0.4 is 0 Å². The van der Waals surface area contributed by atoms with Crippen LogP contribution in [0, 0.1) is 0 Å². The van der Waals surface area contributed by atoms with Gasteiger partial charge in [0.2, 0.25) is 0 Å². The van der Waals surface area contributed by atoms with Crippen LogP contribution in [0.2, 0.25) is 10.0 Å². The fraction of sp³-hybridized carbons (Fsp3) is 0.250. The van der Waals surface area contributed by atoms with Gasteiger partial charge in [-0.25, -0.2) is 8.42 Å². The first kappa shape index (κ1) is 14.4. The van der Waals surface area contributed by atoms with E-state index >= 15 is 0 Å². The quantitative estimate of drug-likeness (QED) is 0.939. The van der Waals surface area contributed by atoms with Crippen LogP contribution in [0.25, 0.3) is 0 Å². The van der Waals surface area contributed by atoms with Crippen LogP contribution >= 0.6 is 23.2 Å². The van der Waals surface area contributed by atoms with Gasteiger partial charge in [-0.1, -0.05) is 29.3 Å². The van der Waals surface area contributed by atoms with Crippen molar-refractivity contribution in [2.24, 2.45) is 0 Å². The van der Waals surface area contributed by atoms with Gasteiger partial charge in [-0.2, -0.15) is 5.10 Å². The first-order valence-corrected chi connectivity index (χ1v) is 8.01. The predicted octanol–water partition coefficient (Wildman–Crippen LogP) is 3.39. The molecule has 1 unspecified atom stereocenters. The lowest BCUT2D eigenvalue weighted by Gasteiger charge is -2.13. The number of aromatic nitrogens is 2. The van der Waals surface area contributed by atoms with Crippen molar-refractivity contribution in [1.82, 2.24) is 10.2 Å². The highest BCUT2D eigenvalue weighted by Gasteiger charge is 2.23. The fourth-order valence-electron chi connectivity index (χ4n) is 1.69. The third-order valence-corrected chi connectivity index (χ3v) is 5.70. The Morgan fingerprint density at radius 1 is 1.32 bits per heavy atom. The van der Waals surface area contributed by atoms with E-state index in [1.807, 2.05) is 0 Å². The molecular weight excluding hydrogens is 307 g/mol. The Labute approximate surface area is 121 Å². The molecule has 0 saturated carbocycles. The van der Waals surface area contributed by atoms with Crippen molar-refractivity contribution < 1.29 is 8.42 Å². The van der Waals surface area contributed by atoms with Gasteiger partial charge in [-0.05, 0) is 24.6 Å². The van der Waals surface area contributed by atoms with E-state index in [1.165, 1.54) is 6.20 Å². The lowest BCUT2D eigenvalue weighted by molar-refractivity contribution is 0.585. The maximum atomic E-state index is 12.3. The Hall–Kier alpha value is -1.04. The van der Waals surface area contributed by atoms with Crippen LogP contribution in [-0.4, -0.2) is 18.6 Å². The second kappa shape index (κ2) is 5.53. The van der Waals surface area contributed by atoms with Gasteiger partial charge in [0.25, 0.3) is 0 Å². The van der Waals surface area contributed by atoms with E-state index < -0.39 is 15.1 Å². The standard InChI is InChI=1S/C12H12Cl2N2O2S/c1-8(10-2-3-11(13)12(14)4-10)19(17,18)7-9-5-15-16-6-9/h2-6,8H,7H2,1H3,(H,15,16). The molecule has 0 aliphatic carbocycles. The highest BCUT2D eigenvalue weighted by Crippen LogP contribution is 2.30. The van der Waals surface area contributed by atoms with E-state index in [1.54, 1.807) is 31.3 Å². The summed E-state index contributed by atoms with van der Waals surface area (Å²) in [6.45, 7) is 1.63. The Kier molecular flexibility index (Phi) is 4.18. The number of sulfone groups is 1. The zero-order chi connectivity index (χ0) is 14.0. The fourth-order valence-corrected chi connectivity index (χ4v) is 3.43. The van der Waals surface area contributed by atoms with Gasteiger partial charge in [-0.3, -0.25) is 5.10 Å². The van der Waals surface area contributed by atoms with Gasteiger partial charge in [0.1, 0.15) is 0 Å². The molecule has 0 radical (unpaired) electrons. The lowest BCUT2D eigenvalue weighted by atomic mass is 10.2. The molecule has 0 aliphatic heterocycles. The topological polar surface area (TPSA) is 62.8 Å². The zero-order valence-electron chi connectivity index (χ0n) is 10.1. The minimum absolute atomic E-state index is 0.0646. The molecule has 1 aromatic heterocycles. The number of H-pyrrole nitrogens is 1. The molecule has 0 aliphatic rings. The largest absolute Gasteiger partial charge is 0.285 e. The van der Waals surface area contributed by atoms with E-state index in [-0.39, 0.29) is 5.75 Å². The Morgan fingerprint density at radius 3 is 2.63 bits per heavy atom. The van der Waals surface area contributed by atoms with Gasteiger partial charge in [0.05, 0.1) is 27.2 Å². The summed E-state index contributed by atoms with van der Waals surface area (Å²) in [7, 11) is -3.33. The van der Waals surface area contributed by atoms with Crippen LogP contribution in [0.4, 0.5) is 0 Å². The molecular formula is C12H12Cl2N2O2S. The molecule has 4 nitrogen and oxygen atoms in total. The molecule has 1 heterocycles. The van der Waals surface area contributed by atoms with Crippen molar-refractivity contribution in [3.8, 4) is 0 Å². The highest BCUT2D eigenvalue weighted by molar-refractivity contribution is 7.90. The van der Waals surface area contributed by atoms with Crippen molar-refractivity contribution in [3.63, 3.8) is 0 Å². The first-order chi connectivity index (χ1) is 8.90. The third-order valence-electron chi connectivity index (χ3n) is 2.87. The highest BCUT2D eigenvalue weighted by atomic mass is 35.5. The number of halogens is 2. The molecule has 19 heavy (non-hydrogen) atoms. The predicted molar refractivity (Wildman–Crippen MR) is 76.1 cm³/mol. The Balaban J connectivity index is 2.27. The normalized spacial score (nSPS) is 13.4. The maximum Gasteiger partial charge on any atom is 0.161 e. The van der Waals surface area contributed by atoms with Crippen LogP contribution in [0.5, 0.6) is 0 Å². The summed E-state index contributed by atoms with van der Waals surface area (Å²) in [4.78, 5) is 0. The van der Waals surface area contributed by atoms with Crippen molar-refractivity contribution in [2.45, 2.75) is 17.9 Å². The molecule has 2 rings (SSSR count). The summed E-state index contributed by atoms with van der Waals surface area (Å²) in [6, 6.07) is 4.86. The number of hydrogen-bond donors (Lipinski definition) is 1. The van der Waals surface area contributed by atoms with Crippen LogP contribution in [-0.2, 0) is 15.6 Å². The number of nitrogens with one attached hydrogen (secondary N) is 1.